The predicted molar refractivity (Wildman–Crippen MR) is 66.2 cm³/mol. The molecule has 1 aliphatic carbocycles. The molecule has 0 heterocycles. The van der Waals surface area contributed by atoms with E-state index in [1.54, 1.807) is 6.07 Å². The quantitative estimate of drug-likeness (QED) is 0.824. The fourth-order valence-electron chi connectivity index (χ4n) is 2.00. The van der Waals surface area contributed by atoms with Gasteiger partial charge < -0.3 is 5.32 Å². The Labute approximate surface area is 109 Å². The van der Waals surface area contributed by atoms with Gasteiger partial charge in [0.2, 0.25) is 0 Å². The van der Waals surface area contributed by atoms with E-state index in [1.807, 2.05) is 0 Å². The van der Waals surface area contributed by atoms with Crippen molar-refractivity contribution in [2.24, 2.45) is 0 Å². The first-order chi connectivity index (χ1) is 8.09. The summed E-state index contributed by atoms with van der Waals surface area (Å²) in [4.78, 5) is 11.9. The van der Waals surface area contributed by atoms with Gasteiger partial charge >= 0.3 is 0 Å². The minimum Gasteiger partial charge on any atom is -0.348 e. The molecular formula is C12H12Cl2FNO. The third-order valence-corrected chi connectivity index (χ3v) is 3.76. The maximum atomic E-state index is 13.6. The van der Waals surface area contributed by atoms with Crippen molar-refractivity contribution < 1.29 is 9.18 Å². The van der Waals surface area contributed by atoms with Crippen LogP contribution in [0.15, 0.2) is 18.2 Å². The fraction of sp³-hybridized carbons (Fsp3) is 0.417. The third-order valence-electron chi connectivity index (χ3n) is 2.94. The summed E-state index contributed by atoms with van der Waals surface area (Å²) in [6.45, 7) is 0. The molecule has 0 aromatic heterocycles. The minimum absolute atomic E-state index is 0.0340. The molecule has 2 rings (SSSR count). The Morgan fingerprint density at radius 3 is 2.82 bits per heavy atom. The lowest BCUT2D eigenvalue weighted by molar-refractivity contribution is 0.0934. The van der Waals surface area contributed by atoms with E-state index in [0.717, 1.165) is 19.3 Å². The maximum absolute atomic E-state index is 13.6. The number of rotatable bonds is 2. The zero-order valence-electron chi connectivity index (χ0n) is 9.05. The molecule has 1 amide bonds. The monoisotopic (exact) mass is 275 g/mol. The van der Waals surface area contributed by atoms with Crippen LogP contribution < -0.4 is 5.32 Å². The van der Waals surface area contributed by atoms with Crippen LogP contribution in [-0.2, 0) is 0 Å². The first-order valence-electron chi connectivity index (χ1n) is 5.48. The van der Waals surface area contributed by atoms with Crippen LogP contribution in [-0.4, -0.2) is 17.3 Å². The lowest BCUT2D eigenvalue weighted by Crippen LogP contribution is -2.38. The van der Waals surface area contributed by atoms with Gasteiger partial charge in [0, 0.05) is 6.04 Å². The van der Waals surface area contributed by atoms with E-state index in [0.29, 0.717) is 0 Å². The molecule has 0 bridgehead atoms. The standard InChI is InChI=1S/C12H12Cl2FNO/c13-8-4-2-6-10(8)16-12(17)7-3-1-5-9(14)11(7)15/h1,3,5,8,10H,2,4,6H2,(H,16,17). The zero-order chi connectivity index (χ0) is 12.4. The van der Waals surface area contributed by atoms with Gasteiger partial charge in [-0.3, -0.25) is 4.79 Å². The highest BCUT2D eigenvalue weighted by Crippen LogP contribution is 2.25. The molecule has 92 valence electrons. The van der Waals surface area contributed by atoms with Crippen molar-refractivity contribution in [3.63, 3.8) is 0 Å². The summed E-state index contributed by atoms with van der Waals surface area (Å²) in [7, 11) is 0. The topological polar surface area (TPSA) is 29.1 Å². The number of benzene rings is 1. The molecular weight excluding hydrogens is 264 g/mol. The molecule has 2 unspecified atom stereocenters. The van der Waals surface area contributed by atoms with Gasteiger partial charge in [-0.05, 0) is 31.4 Å². The summed E-state index contributed by atoms with van der Waals surface area (Å²) in [5.41, 5.74) is -0.0340. The average Bonchev–Trinajstić information content (AvgIpc) is 2.68. The number of amides is 1. The van der Waals surface area contributed by atoms with Gasteiger partial charge in [-0.1, -0.05) is 17.7 Å². The van der Waals surface area contributed by atoms with Gasteiger partial charge in [-0.15, -0.1) is 11.6 Å². The van der Waals surface area contributed by atoms with Crippen molar-refractivity contribution in [1.82, 2.24) is 5.32 Å². The van der Waals surface area contributed by atoms with Crippen LogP contribution in [0.5, 0.6) is 0 Å². The van der Waals surface area contributed by atoms with Gasteiger partial charge in [0.25, 0.3) is 5.91 Å². The molecule has 0 radical (unpaired) electrons. The van der Waals surface area contributed by atoms with Crippen LogP contribution in [0.1, 0.15) is 29.6 Å². The zero-order valence-corrected chi connectivity index (χ0v) is 10.6. The Morgan fingerprint density at radius 2 is 2.18 bits per heavy atom. The molecule has 1 fully saturated rings. The van der Waals surface area contributed by atoms with Crippen LogP contribution in [0.4, 0.5) is 4.39 Å². The van der Waals surface area contributed by atoms with Crippen molar-refractivity contribution in [2.75, 3.05) is 0 Å². The van der Waals surface area contributed by atoms with Crippen molar-refractivity contribution in [3.05, 3.63) is 34.6 Å². The van der Waals surface area contributed by atoms with Crippen LogP contribution in [0.25, 0.3) is 0 Å². The van der Waals surface area contributed by atoms with Crippen LogP contribution in [0.3, 0.4) is 0 Å². The van der Waals surface area contributed by atoms with E-state index in [4.69, 9.17) is 23.2 Å². The number of carbonyl (C=O) groups is 1. The lowest BCUT2D eigenvalue weighted by atomic mass is 10.1. The summed E-state index contributed by atoms with van der Waals surface area (Å²) in [5.74, 6) is -1.14. The Balaban J connectivity index is 2.12. The number of hydrogen-bond acceptors (Lipinski definition) is 1. The van der Waals surface area contributed by atoms with Gasteiger partial charge in [-0.2, -0.15) is 0 Å². The van der Waals surface area contributed by atoms with E-state index >= 15 is 0 Å². The normalized spacial score (nSPS) is 23.7. The Morgan fingerprint density at radius 1 is 1.41 bits per heavy atom. The van der Waals surface area contributed by atoms with Gasteiger partial charge in [-0.25, -0.2) is 4.39 Å². The molecule has 5 heteroatoms. The Kier molecular flexibility index (Phi) is 3.89. The molecule has 2 nitrogen and oxygen atoms in total. The molecule has 2 atom stereocenters. The third kappa shape index (κ3) is 2.72. The summed E-state index contributed by atoms with van der Waals surface area (Å²) in [6, 6.07) is 4.29. The van der Waals surface area contributed by atoms with E-state index in [1.165, 1.54) is 12.1 Å². The maximum Gasteiger partial charge on any atom is 0.254 e. The molecule has 17 heavy (non-hydrogen) atoms. The summed E-state index contributed by atoms with van der Waals surface area (Å²) in [6.07, 6.45) is 2.70. The lowest BCUT2D eigenvalue weighted by Gasteiger charge is -2.16. The number of nitrogens with one attached hydrogen (secondary N) is 1. The Hall–Kier alpha value is -0.800. The average molecular weight is 276 g/mol. The van der Waals surface area contributed by atoms with Crippen LogP contribution >= 0.6 is 23.2 Å². The molecule has 0 spiro atoms. The molecule has 1 N–H and O–H groups in total. The van der Waals surface area contributed by atoms with Crippen molar-refractivity contribution in [3.8, 4) is 0 Å². The van der Waals surface area contributed by atoms with E-state index < -0.39 is 11.7 Å². The first kappa shape index (κ1) is 12.7. The van der Waals surface area contributed by atoms with Crippen molar-refractivity contribution in [2.45, 2.75) is 30.7 Å². The van der Waals surface area contributed by atoms with Crippen LogP contribution in [0, 0.1) is 5.82 Å². The summed E-state index contributed by atoms with van der Waals surface area (Å²) < 4.78 is 13.6. The van der Waals surface area contributed by atoms with Gasteiger partial charge in [0.15, 0.2) is 5.82 Å². The smallest absolute Gasteiger partial charge is 0.254 e. The van der Waals surface area contributed by atoms with E-state index in [-0.39, 0.29) is 22.0 Å². The molecule has 0 aliphatic heterocycles. The largest absolute Gasteiger partial charge is 0.348 e. The predicted octanol–water partition coefficient (Wildman–Crippen LogP) is 3.37. The fourth-order valence-corrected chi connectivity index (χ4v) is 2.52. The number of alkyl halides is 1. The highest BCUT2D eigenvalue weighted by Gasteiger charge is 2.27. The van der Waals surface area contributed by atoms with Crippen LogP contribution in [0.2, 0.25) is 5.02 Å². The highest BCUT2D eigenvalue weighted by atomic mass is 35.5. The number of halogens is 3. The molecule has 1 aromatic rings. The second kappa shape index (κ2) is 5.23. The van der Waals surface area contributed by atoms with E-state index in [2.05, 4.69) is 5.32 Å². The van der Waals surface area contributed by atoms with E-state index in [9.17, 15) is 9.18 Å². The van der Waals surface area contributed by atoms with Crippen molar-refractivity contribution in [1.29, 1.82) is 0 Å². The minimum atomic E-state index is -0.684. The molecule has 1 aromatic carbocycles. The van der Waals surface area contributed by atoms with Crippen molar-refractivity contribution >= 4 is 29.1 Å². The second-order valence-corrected chi connectivity index (χ2v) is 5.10. The molecule has 1 saturated carbocycles. The SMILES string of the molecule is O=C(NC1CCCC1Cl)c1cccc(Cl)c1F. The first-order valence-corrected chi connectivity index (χ1v) is 6.30. The number of hydrogen-bond donors (Lipinski definition) is 1. The summed E-state index contributed by atoms with van der Waals surface area (Å²) >= 11 is 11.7. The van der Waals surface area contributed by atoms with Gasteiger partial charge in [0.05, 0.1) is 16.0 Å². The highest BCUT2D eigenvalue weighted by molar-refractivity contribution is 6.31. The molecule has 1 aliphatic rings. The summed E-state index contributed by atoms with van der Waals surface area (Å²) in [5, 5.41) is 2.63. The second-order valence-electron chi connectivity index (χ2n) is 4.13. The van der Waals surface area contributed by atoms with Gasteiger partial charge in [0.1, 0.15) is 0 Å². The Bertz CT molecular complexity index is 439. The molecule has 0 saturated heterocycles. The number of carbonyl (C=O) groups excluding carboxylic acids is 1.